The molecule has 1 amide bonds. The summed E-state index contributed by atoms with van der Waals surface area (Å²) in [5.41, 5.74) is 2.79. The molecule has 0 aliphatic carbocycles. The zero-order valence-electron chi connectivity index (χ0n) is 10.0. The molecule has 0 fully saturated rings. The smallest absolute Gasteiger partial charge is 0.252 e. The van der Waals surface area contributed by atoms with E-state index in [1.165, 1.54) is 0 Å². The summed E-state index contributed by atoms with van der Waals surface area (Å²) in [5.74, 6) is 0.743. The lowest BCUT2D eigenvalue weighted by atomic mass is 9.98. The van der Waals surface area contributed by atoms with Crippen LogP contribution in [0.1, 0.15) is 27.5 Å². The monoisotopic (exact) mass is 239 g/mol. The van der Waals surface area contributed by atoms with E-state index in [2.05, 4.69) is 5.32 Å². The van der Waals surface area contributed by atoms with Crippen LogP contribution in [0.4, 0.5) is 0 Å². The van der Waals surface area contributed by atoms with Crippen molar-refractivity contribution in [2.24, 2.45) is 0 Å². The maximum atomic E-state index is 11.9. The molecule has 0 bridgehead atoms. The number of methoxy groups -OCH3 is 1. The lowest BCUT2D eigenvalue weighted by Crippen LogP contribution is -2.19. The standard InChI is InChI=1S/C15H13NO2/c1-18-11-7-8-12-13(9-11)14(16-15(12)17)10-5-3-2-4-6-10/h2-9,14H,1H3,(H,16,17). The molecule has 0 saturated carbocycles. The number of ether oxygens (including phenoxy) is 1. The fourth-order valence-corrected chi connectivity index (χ4v) is 2.31. The zero-order chi connectivity index (χ0) is 12.5. The van der Waals surface area contributed by atoms with Gasteiger partial charge in [0.2, 0.25) is 0 Å². The predicted molar refractivity (Wildman–Crippen MR) is 68.7 cm³/mol. The van der Waals surface area contributed by atoms with E-state index in [1.54, 1.807) is 7.11 Å². The van der Waals surface area contributed by atoms with E-state index in [-0.39, 0.29) is 11.9 Å². The normalized spacial score (nSPS) is 17.2. The Labute approximate surface area is 105 Å². The van der Waals surface area contributed by atoms with Gasteiger partial charge in [0.25, 0.3) is 5.91 Å². The van der Waals surface area contributed by atoms with Crippen molar-refractivity contribution in [2.45, 2.75) is 6.04 Å². The van der Waals surface area contributed by atoms with E-state index in [0.29, 0.717) is 0 Å². The van der Waals surface area contributed by atoms with Gasteiger partial charge in [-0.2, -0.15) is 0 Å². The molecule has 18 heavy (non-hydrogen) atoms. The zero-order valence-corrected chi connectivity index (χ0v) is 10.0. The van der Waals surface area contributed by atoms with Crippen LogP contribution in [-0.2, 0) is 0 Å². The average Bonchev–Trinajstić information content (AvgIpc) is 2.76. The predicted octanol–water partition coefficient (Wildman–Crippen LogP) is 2.53. The van der Waals surface area contributed by atoms with E-state index in [0.717, 1.165) is 22.4 Å². The first-order valence-electron chi connectivity index (χ1n) is 5.83. The molecule has 1 N–H and O–H groups in total. The summed E-state index contributed by atoms with van der Waals surface area (Å²) in [6.07, 6.45) is 0. The Morgan fingerprint density at radius 1 is 1.11 bits per heavy atom. The van der Waals surface area contributed by atoms with Gasteiger partial charge < -0.3 is 10.1 Å². The molecular formula is C15H13NO2. The van der Waals surface area contributed by atoms with Gasteiger partial charge >= 0.3 is 0 Å². The number of amides is 1. The molecule has 3 nitrogen and oxygen atoms in total. The van der Waals surface area contributed by atoms with E-state index in [4.69, 9.17) is 4.74 Å². The van der Waals surface area contributed by atoms with Crippen molar-refractivity contribution < 1.29 is 9.53 Å². The second-order valence-corrected chi connectivity index (χ2v) is 4.27. The number of nitrogens with one attached hydrogen (secondary N) is 1. The summed E-state index contributed by atoms with van der Waals surface area (Å²) < 4.78 is 5.22. The third-order valence-corrected chi connectivity index (χ3v) is 3.22. The van der Waals surface area contributed by atoms with Gasteiger partial charge in [-0.15, -0.1) is 0 Å². The van der Waals surface area contributed by atoms with Crippen LogP contribution in [0.25, 0.3) is 0 Å². The number of carbonyl (C=O) groups is 1. The summed E-state index contributed by atoms with van der Waals surface area (Å²) in [4.78, 5) is 11.9. The van der Waals surface area contributed by atoms with Crippen LogP contribution in [0.3, 0.4) is 0 Å². The highest BCUT2D eigenvalue weighted by Crippen LogP contribution is 2.33. The molecule has 3 rings (SSSR count). The average molecular weight is 239 g/mol. The van der Waals surface area contributed by atoms with Crippen LogP contribution >= 0.6 is 0 Å². The van der Waals surface area contributed by atoms with Gasteiger partial charge in [-0.1, -0.05) is 30.3 Å². The highest BCUT2D eigenvalue weighted by atomic mass is 16.5. The molecule has 3 heteroatoms. The van der Waals surface area contributed by atoms with Gasteiger partial charge in [0.15, 0.2) is 0 Å². The SMILES string of the molecule is COc1ccc2c(c1)C(c1ccccc1)NC2=O. The van der Waals surface area contributed by atoms with Gasteiger partial charge in [-0.05, 0) is 29.3 Å². The molecule has 1 atom stereocenters. The number of rotatable bonds is 2. The van der Waals surface area contributed by atoms with E-state index in [1.807, 2.05) is 48.5 Å². The third-order valence-electron chi connectivity index (χ3n) is 3.22. The van der Waals surface area contributed by atoms with E-state index < -0.39 is 0 Å². The molecule has 1 aliphatic rings. The fraction of sp³-hybridized carbons (Fsp3) is 0.133. The molecule has 0 aromatic heterocycles. The Bertz CT molecular complexity index is 593. The van der Waals surface area contributed by atoms with Crippen molar-refractivity contribution in [3.8, 4) is 5.75 Å². The van der Waals surface area contributed by atoms with Gasteiger partial charge in [0, 0.05) is 5.56 Å². The topological polar surface area (TPSA) is 38.3 Å². The first kappa shape index (κ1) is 10.8. The van der Waals surface area contributed by atoms with Crippen LogP contribution in [0, 0.1) is 0 Å². The lowest BCUT2D eigenvalue weighted by Gasteiger charge is -2.12. The van der Waals surface area contributed by atoms with Gasteiger partial charge in [-0.25, -0.2) is 0 Å². The minimum Gasteiger partial charge on any atom is -0.497 e. The quantitative estimate of drug-likeness (QED) is 0.874. The molecule has 2 aromatic rings. The highest BCUT2D eigenvalue weighted by molar-refractivity contribution is 5.99. The first-order chi connectivity index (χ1) is 8.79. The molecule has 1 unspecified atom stereocenters. The molecular weight excluding hydrogens is 226 g/mol. The maximum Gasteiger partial charge on any atom is 0.252 e. The van der Waals surface area contributed by atoms with Crippen molar-refractivity contribution in [1.82, 2.24) is 5.32 Å². The van der Waals surface area contributed by atoms with E-state index >= 15 is 0 Å². The Morgan fingerprint density at radius 3 is 2.61 bits per heavy atom. The molecule has 0 saturated heterocycles. The van der Waals surface area contributed by atoms with Gasteiger partial charge in [-0.3, -0.25) is 4.79 Å². The minimum absolute atomic E-state index is 0.0264. The largest absolute Gasteiger partial charge is 0.497 e. The maximum absolute atomic E-state index is 11.9. The first-order valence-corrected chi connectivity index (χ1v) is 5.83. The van der Waals surface area contributed by atoms with Crippen LogP contribution < -0.4 is 10.1 Å². The van der Waals surface area contributed by atoms with Gasteiger partial charge in [0.1, 0.15) is 5.75 Å². The van der Waals surface area contributed by atoms with Crippen molar-refractivity contribution in [2.75, 3.05) is 7.11 Å². The number of benzene rings is 2. The Hall–Kier alpha value is -2.29. The second-order valence-electron chi connectivity index (χ2n) is 4.27. The second kappa shape index (κ2) is 4.18. The van der Waals surface area contributed by atoms with Crippen molar-refractivity contribution in [1.29, 1.82) is 0 Å². The molecule has 0 radical (unpaired) electrons. The molecule has 0 spiro atoms. The van der Waals surface area contributed by atoms with Gasteiger partial charge in [0.05, 0.1) is 13.2 Å². The number of hydrogen-bond donors (Lipinski definition) is 1. The molecule has 1 heterocycles. The Kier molecular flexibility index (Phi) is 2.52. The number of hydrogen-bond acceptors (Lipinski definition) is 2. The van der Waals surface area contributed by atoms with Crippen LogP contribution in [0.2, 0.25) is 0 Å². The van der Waals surface area contributed by atoms with Crippen molar-refractivity contribution in [3.63, 3.8) is 0 Å². The molecule has 1 aliphatic heterocycles. The minimum atomic E-state index is -0.0798. The Balaban J connectivity index is 2.10. The summed E-state index contributed by atoms with van der Waals surface area (Å²) in [6, 6.07) is 15.4. The van der Waals surface area contributed by atoms with E-state index in [9.17, 15) is 4.79 Å². The summed E-state index contributed by atoms with van der Waals surface area (Å²) in [5, 5.41) is 2.99. The third kappa shape index (κ3) is 1.64. The van der Waals surface area contributed by atoms with Crippen LogP contribution in [0.5, 0.6) is 5.75 Å². The molecule has 90 valence electrons. The number of fused-ring (bicyclic) bond motifs is 1. The fourth-order valence-electron chi connectivity index (χ4n) is 2.31. The number of carbonyl (C=O) groups excluding carboxylic acids is 1. The highest BCUT2D eigenvalue weighted by Gasteiger charge is 2.29. The summed E-state index contributed by atoms with van der Waals surface area (Å²) >= 11 is 0. The van der Waals surface area contributed by atoms with Crippen molar-refractivity contribution in [3.05, 3.63) is 65.2 Å². The molecule has 2 aromatic carbocycles. The summed E-state index contributed by atoms with van der Waals surface area (Å²) in [7, 11) is 1.63. The van der Waals surface area contributed by atoms with Crippen molar-refractivity contribution >= 4 is 5.91 Å². The Morgan fingerprint density at radius 2 is 1.89 bits per heavy atom. The summed E-state index contributed by atoms with van der Waals surface area (Å²) in [6.45, 7) is 0. The lowest BCUT2D eigenvalue weighted by molar-refractivity contribution is 0.0960. The van der Waals surface area contributed by atoms with Crippen LogP contribution in [-0.4, -0.2) is 13.0 Å². The van der Waals surface area contributed by atoms with Crippen LogP contribution in [0.15, 0.2) is 48.5 Å².